The molecule has 1 aromatic heterocycles. The average molecular weight is 267 g/mol. The highest BCUT2D eigenvalue weighted by Gasteiger charge is 2.41. The number of aromatic nitrogens is 2. The maximum atomic E-state index is 9.28. The normalized spacial score (nSPS) is 16.2. The summed E-state index contributed by atoms with van der Waals surface area (Å²) in [5, 5.41) is 12.5. The lowest BCUT2D eigenvalue weighted by Gasteiger charge is -2.14. The molecule has 0 radical (unpaired) electrons. The summed E-state index contributed by atoms with van der Waals surface area (Å²) >= 11 is 0. The molecule has 1 heterocycles. The Hall–Kier alpha value is -1.44. The molecule has 1 aliphatic rings. The summed E-state index contributed by atoms with van der Waals surface area (Å²) in [4.78, 5) is 8.57. The average Bonchev–Trinajstić information content (AvgIpc) is 3.23. The molecule has 0 aliphatic heterocycles. The predicted octanol–water partition coefficient (Wildman–Crippen LogP) is 0.483. The van der Waals surface area contributed by atoms with Gasteiger partial charge in [0.25, 0.3) is 0 Å². The fraction of sp³-hybridized carbons (Fsp3) is 0.667. The van der Waals surface area contributed by atoms with Gasteiger partial charge in [-0.15, -0.1) is 0 Å². The van der Waals surface area contributed by atoms with Crippen molar-refractivity contribution in [3.8, 4) is 0 Å². The minimum absolute atomic E-state index is 0.0291. The zero-order chi connectivity index (χ0) is 13.7. The van der Waals surface area contributed by atoms with Crippen molar-refractivity contribution in [3.05, 3.63) is 11.9 Å². The molecule has 5 N–H and O–H groups in total. The van der Waals surface area contributed by atoms with Crippen molar-refractivity contribution in [3.63, 3.8) is 0 Å². The predicted molar refractivity (Wildman–Crippen MR) is 72.4 cm³/mol. The summed E-state index contributed by atoms with van der Waals surface area (Å²) < 4.78 is 5.29. The molecule has 1 fully saturated rings. The van der Waals surface area contributed by atoms with Gasteiger partial charge in [-0.2, -0.15) is 0 Å². The van der Waals surface area contributed by atoms with Crippen LogP contribution in [0.3, 0.4) is 0 Å². The Kier molecular flexibility index (Phi) is 4.52. The number of hydrogen-bond acceptors (Lipinski definition) is 7. The molecule has 1 aromatic rings. The molecule has 0 amide bonds. The van der Waals surface area contributed by atoms with Crippen LogP contribution in [0.25, 0.3) is 0 Å². The maximum Gasteiger partial charge on any atom is 0.158 e. The van der Waals surface area contributed by atoms with E-state index in [2.05, 4.69) is 20.7 Å². The Morgan fingerprint density at radius 2 is 2.16 bits per heavy atom. The molecule has 106 valence electrons. The van der Waals surface area contributed by atoms with E-state index in [1.165, 1.54) is 0 Å². The number of hydrazine groups is 1. The maximum absolute atomic E-state index is 9.28. The quantitative estimate of drug-likeness (QED) is 0.401. The Morgan fingerprint density at radius 1 is 1.42 bits per heavy atom. The van der Waals surface area contributed by atoms with E-state index in [0.29, 0.717) is 37.2 Å². The lowest BCUT2D eigenvalue weighted by molar-refractivity contribution is 0.128. The highest BCUT2D eigenvalue weighted by Crippen LogP contribution is 2.44. The number of nitrogen functional groups attached to an aromatic ring is 1. The van der Waals surface area contributed by atoms with E-state index < -0.39 is 0 Å². The van der Waals surface area contributed by atoms with Crippen molar-refractivity contribution in [2.75, 3.05) is 30.5 Å². The molecule has 1 saturated carbocycles. The smallest absolute Gasteiger partial charge is 0.158 e. The molecule has 7 heteroatoms. The molecule has 19 heavy (non-hydrogen) atoms. The van der Waals surface area contributed by atoms with E-state index in [9.17, 15) is 5.11 Å². The fourth-order valence-corrected chi connectivity index (χ4v) is 1.77. The SMILES string of the molecule is CCOCc1nc(NN)cc(NCC2(CO)CC2)n1. The van der Waals surface area contributed by atoms with Gasteiger partial charge in [0, 0.05) is 24.6 Å². The first kappa shape index (κ1) is 14.0. The molecule has 0 spiro atoms. The van der Waals surface area contributed by atoms with Crippen molar-refractivity contribution in [1.29, 1.82) is 0 Å². The van der Waals surface area contributed by atoms with Crippen molar-refractivity contribution in [2.45, 2.75) is 26.4 Å². The van der Waals surface area contributed by atoms with Gasteiger partial charge in [-0.25, -0.2) is 15.8 Å². The summed E-state index contributed by atoms with van der Waals surface area (Å²) in [6, 6.07) is 1.74. The number of aliphatic hydroxyl groups is 1. The first-order valence-corrected chi connectivity index (χ1v) is 6.48. The molecule has 2 rings (SSSR count). The van der Waals surface area contributed by atoms with E-state index >= 15 is 0 Å². The Labute approximate surface area is 112 Å². The zero-order valence-corrected chi connectivity index (χ0v) is 11.1. The van der Waals surface area contributed by atoms with E-state index in [1.807, 2.05) is 6.92 Å². The van der Waals surface area contributed by atoms with Crippen LogP contribution in [0, 0.1) is 5.41 Å². The third kappa shape index (κ3) is 3.76. The molecule has 7 nitrogen and oxygen atoms in total. The van der Waals surface area contributed by atoms with Crippen molar-refractivity contribution < 1.29 is 9.84 Å². The second kappa shape index (κ2) is 6.14. The minimum atomic E-state index is 0.0291. The van der Waals surface area contributed by atoms with Gasteiger partial charge in [0.15, 0.2) is 5.82 Å². The van der Waals surface area contributed by atoms with Crippen LogP contribution in [-0.4, -0.2) is 34.8 Å². The highest BCUT2D eigenvalue weighted by atomic mass is 16.5. The van der Waals surface area contributed by atoms with Gasteiger partial charge in [0.2, 0.25) is 0 Å². The molecule has 0 bridgehead atoms. The number of nitrogens with two attached hydrogens (primary N) is 1. The Bertz CT molecular complexity index is 423. The van der Waals surface area contributed by atoms with Gasteiger partial charge in [-0.05, 0) is 19.8 Å². The lowest BCUT2D eigenvalue weighted by atomic mass is 10.1. The van der Waals surface area contributed by atoms with E-state index in [0.717, 1.165) is 12.8 Å². The van der Waals surface area contributed by atoms with Gasteiger partial charge in [-0.3, -0.25) is 0 Å². The topological polar surface area (TPSA) is 105 Å². The third-order valence-electron chi connectivity index (χ3n) is 3.29. The third-order valence-corrected chi connectivity index (χ3v) is 3.29. The molecule has 0 aromatic carbocycles. The molecular weight excluding hydrogens is 246 g/mol. The van der Waals surface area contributed by atoms with Gasteiger partial charge in [-0.1, -0.05) is 0 Å². The second-order valence-electron chi connectivity index (χ2n) is 4.85. The van der Waals surface area contributed by atoms with Crippen LogP contribution in [0.5, 0.6) is 0 Å². The Morgan fingerprint density at radius 3 is 2.74 bits per heavy atom. The van der Waals surface area contributed by atoms with Crippen LogP contribution in [0.2, 0.25) is 0 Å². The van der Waals surface area contributed by atoms with E-state index in [-0.39, 0.29) is 12.0 Å². The van der Waals surface area contributed by atoms with Crippen LogP contribution >= 0.6 is 0 Å². The van der Waals surface area contributed by atoms with Crippen molar-refractivity contribution >= 4 is 11.6 Å². The van der Waals surface area contributed by atoms with E-state index in [4.69, 9.17) is 10.6 Å². The van der Waals surface area contributed by atoms with Gasteiger partial charge in [0.1, 0.15) is 18.2 Å². The summed E-state index contributed by atoms with van der Waals surface area (Å²) in [6.45, 7) is 3.80. The van der Waals surface area contributed by atoms with Gasteiger partial charge >= 0.3 is 0 Å². The van der Waals surface area contributed by atoms with Crippen molar-refractivity contribution in [1.82, 2.24) is 9.97 Å². The van der Waals surface area contributed by atoms with Crippen LogP contribution < -0.4 is 16.6 Å². The number of aliphatic hydroxyl groups excluding tert-OH is 1. The number of nitrogens with one attached hydrogen (secondary N) is 2. The zero-order valence-electron chi connectivity index (χ0n) is 11.1. The van der Waals surface area contributed by atoms with Crippen LogP contribution in [-0.2, 0) is 11.3 Å². The Balaban J connectivity index is 2.01. The number of nitrogens with zero attached hydrogens (tertiary/aromatic N) is 2. The number of ether oxygens (including phenoxy) is 1. The summed E-state index contributed by atoms with van der Waals surface area (Å²) in [7, 11) is 0. The first-order chi connectivity index (χ1) is 9.21. The first-order valence-electron chi connectivity index (χ1n) is 6.48. The molecule has 1 aliphatic carbocycles. The number of rotatable bonds is 8. The van der Waals surface area contributed by atoms with Gasteiger partial charge < -0.3 is 20.6 Å². The largest absolute Gasteiger partial charge is 0.396 e. The summed E-state index contributed by atoms with van der Waals surface area (Å²) in [5.41, 5.74) is 2.54. The van der Waals surface area contributed by atoms with Gasteiger partial charge in [0.05, 0.1) is 6.61 Å². The molecule has 0 unspecified atom stereocenters. The second-order valence-corrected chi connectivity index (χ2v) is 4.85. The summed E-state index contributed by atoms with van der Waals surface area (Å²) in [5.74, 6) is 7.20. The van der Waals surface area contributed by atoms with Crippen LogP contribution in [0.4, 0.5) is 11.6 Å². The lowest BCUT2D eigenvalue weighted by Crippen LogP contribution is -2.20. The number of anilines is 2. The molecule has 0 atom stereocenters. The van der Waals surface area contributed by atoms with Crippen LogP contribution in [0.1, 0.15) is 25.6 Å². The standard InChI is InChI=1S/C12H21N5O2/c1-2-19-6-11-15-9(5-10(16-11)17-13)14-7-12(8-18)3-4-12/h5,18H,2-4,6-8,13H2,1H3,(H2,14,15,16,17). The van der Waals surface area contributed by atoms with E-state index in [1.54, 1.807) is 6.07 Å². The molecular formula is C12H21N5O2. The highest BCUT2D eigenvalue weighted by molar-refractivity contribution is 5.47. The summed E-state index contributed by atoms with van der Waals surface area (Å²) in [6.07, 6.45) is 2.10. The van der Waals surface area contributed by atoms with Crippen LogP contribution in [0.15, 0.2) is 6.07 Å². The number of hydrogen-bond donors (Lipinski definition) is 4. The minimum Gasteiger partial charge on any atom is -0.396 e. The fourth-order valence-electron chi connectivity index (χ4n) is 1.77. The van der Waals surface area contributed by atoms with Crippen molar-refractivity contribution in [2.24, 2.45) is 11.3 Å². The monoisotopic (exact) mass is 267 g/mol. The molecule has 0 saturated heterocycles.